The van der Waals surface area contributed by atoms with Gasteiger partial charge in [0.05, 0.1) is 6.54 Å². The highest BCUT2D eigenvalue weighted by molar-refractivity contribution is 5.94. The van der Waals surface area contributed by atoms with Crippen LogP contribution in [-0.2, 0) is 4.79 Å². The fourth-order valence-electron chi connectivity index (χ4n) is 3.52. The summed E-state index contributed by atoms with van der Waals surface area (Å²) in [4.78, 5) is 28.8. The lowest BCUT2D eigenvalue weighted by Gasteiger charge is -2.34. The van der Waals surface area contributed by atoms with Crippen LogP contribution in [-0.4, -0.2) is 54.3 Å². The largest absolute Gasteiger partial charge is 0.457 e. The highest BCUT2D eigenvalue weighted by Crippen LogP contribution is 2.22. The van der Waals surface area contributed by atoms with Crippen LogP contribution in [0.3, 0.4) is 0 Å². The van der Waals surface area contributed by atoms with Crippen LogP contribution >= 0.6 is 0 Å². The van der Waals surface area contributed by atoms with Gasteiger partial charge in [0.25, 0.3) is 5.91 Å². The maximum atomic E-state index is 13.0. The number of anilines is 1. The van der Waals surface area contributed by atoms with Crippen LogP contribution < -0.4 is 10.1 Å². The molecule has 164 valence electrons. The topological polar surface area (TPSA) is 61.9 Å². The van der Waals surface area contributed by atoms with Crippen molar-refractivity contribution in [2.45, 2.75) is 0 Å². The fourth-order valence-corrected chi connectivity index (χ4v) is 3.52. The molecule has 0 saturated carbocycles. The molecule has 2 amide bonds. The summed E-state index contributed by atoms with van der Waals surface area (Å²) in [7, 11) is 0. The maximum absolute atomic E-state index is 13.0. The van der Waals surface area contributed by atoms with E-state index in [1.54, 1.807) is 29.2 Å². The number of rotatable bonds is 6. The number of piperazine rings is 1. The first kappa shape index (κ1) is 21.5. The number of amides is 2. The number of nitrogens with one attached hydrogen (secondary N) is 1. The van der Waals surface area contributed by atoms with Gasteiger partial charge in [-0.2, -0.15) is 0 Å². The van der Waals surface area contributed by atoms with E-state index in [-0.39, 0.29) is 24.2 Å². The van der Waals surface area contributed by atoms with Crippen molar-refractivity contribution in [1.29, 1.82) is 0 Å². The molecule has 4 rings (SSSR count). The third kappa shape index (κ3) is 5.70. The zero-order valence-electron chi connectivity index (χ0n) is 17.5. The van der Waals surface area contributed by atoms with Gasteiger partial charge >= 0.3 is 0 Å². The van der Waals surface area contributed by atoms with Crippen molar-refractivity contribution < 1.29 is 18.7 Å². The average molecular weight is 433 g/mol. The Morgan fingerprint density at radius 2 is 1.44 bits per heavy atom. The zero-order chi connectivity index (χ0) is 22.3. The van der Waals surface area contributed by atoms with Crippen LogP contribution in [0.5, 0.6) is 11.5 Å². The molecule has 1 aliphatic heterocycles. The van der Waals surface area contributed by atoms with Gasteiger partial charge in [-0.1, -0.05) is 18.2 Å². The quantitative estimate of drug-likeness (QED) is 0.638. The molecule has 6 nitrogen and oxygen atoms in total. The summed E-state index contributed by atoms with van der Waals surface area (Å²) in [6, 6.07) is 22.3. The first-order valence-corrected chi connectivity index (χ1v) is 10.5. The first-order valence-electron chi connectivity index (χ1n) is 10.5. The summed E-state index contributed by atoms with van der Waals surface area (Å²) in [5, 5.41) is 2.76. The second-order valence-corrected chi connectivity index (χ2v) is 7.56. The van der Waals surface area contributed by atoms with E-state index < -0.39 is 0 Å². The number of halogens is 1. The summed E-state index contributed by atoms with van der Waals surface area (Å²) < 4.78 is 18.7. The summed E-state index contributed by atoms with van der Waals surface area (Å²) in [5.41, 5.74) is 1.16. The number of hydrogen-bond donors (Lipinski definition) is 1. The molecular weight excluding hydrogens is 409 g/mol. The SMILES string of the molecule is O=C(CN1CCN(C(=O)c2ccc(Oc3ccccc3)cc2)CC1)Nc1ccc(F)cc1. The van der Waals surface area contributed by atoms with E-state index in [9.17, 15) is 14.0 Å². The predicted molar refractivity (Wildman–Crippen MR) is 120 cm³/mol. The van der Waals surface area contributed by atoms with Gasteiger partial charge in [0, 0.05) is 37.4 Å². The van der Waals surface area contributed by atoms with Crippen molar-refractivity contribution in [1.82, 2.24) is 9.80 Å². The van der Waals surface area contributed by atoms with Crippen molar-refractivity contribution in [3.8, 4) is 11.5 Å². The van der Waals surface area contributed by atoms with Crippen molar-refractivity contribution in [2.75, 3.05) is 38.0 Å². The Labute approximate surface area is 186 Å². The van der Waals surface area contributed by atoms with Gasteiger partial charge in [-0.15, -0.1) is 0 Å². The van der Waals surface area contributed by atoms with Crippen molar-refractivity contribution >= 4 is 17.5 Å². The molecule has 0 spiro atoms. The lowest BCUT2D eigenvalue weighted by Crippen LogP contribution is -2.50. The van der Waals surface area contributed by atoms with E-state index in [1.165, 1.54) is 24.3 Å². The van der Waals surface area contributed by atoms with Crippen LogP contribution in [0, 0.1) is 5.82 Å². The number of hydrogen-bond acceptors (Lipinski definition) is 4. The minimum absolute atomic E-state index is 0.0355. The van der Waals surface area contributed by atoms with Crippen LogP contribution in [0.2, 0.25) is 0 Å². The molecule has 1 heterocycles. The molecule has 3 aromatic carbocycles. The first-order chi connectivity index (χ1) is 15.6. The Hall–Kier alpha value is -3.71. The average Bonchev–Trinajstić information content (AvgIpc) is 2.82. The molecule has 1 saturated heterocycles. The Kier molecular flexibility index (Phi) is 6.77. The molecule has 7 heteroatoms. The van der Waals surface area contributed by atoms with E-state index in [0.717, 1.165) is 5.75 Å². The van der Waals surface area contributed by atoms with E-state index in [2.05, 4.69) is 5.32 Å². The van der Waals surface area contributed by atoms with Gasteiger partial charge in [0.1, 0.15) is 17.3 Å². The number of carbonyl (C=O) groups is 2. The number of benzene rings is 3. The number of para-hydroxylation sites is 1. The third-order valence-electron chi connectivity index (χ3n) is 5.23. The number of nitrogens with zero attached hydrogens (tertiary/aromatic N) is 2. The van der Waals surface area contributed by atoms with Crippen LogP contribution in [0.4, 0.5) is 10.1 Å². The Bertz CT molecular complexity index is 1050. The molecule has 0 aliphatic carbocycles. The fraction of sp³-hybridized carbons (Fsp3) is 0.200. The summed E-state index contributed by atoms with van der Waals surface area (Å²) >= 11 is 0. The monoisotopic (exact) mass is 433 g/mol. The van der Waals surface area contributed by atoms with Crippen LogP contribution in [0.1, 0.15) is 10.4 Å². The van der Waals surface area contributed by atoms with E-state index >= 15 is 0 Å². The second-order valence-electron chi connectivity index (χ2n) is 7.56. The maximum Gasteiger partial charge on any atom is 0.253 e. The van der Waals surface area contributed by atoms with E-state index in [4.69, 9.17) is 4.74 Å². The van der Waals surface area contributed by atoms with Gasteiger partial charge in [-0.25, -0.2) is 4.39 Å². The standard InChI is InChI=1S/C25H24FN3O3/c26-20-8-10-21(11-9-20)27-24(30)18-28-14-16-29(17-15-28)25(31)19-6-12-23(13-7-19)32-22-4-2-1-3-5-22/h1-13H,14-18H2,(H,27,30). The third-order valence-corrected chi connectivity index (χ3v) is 5.23. The van der Waals surface area contributed by atoms with Gasteiger partial charge in [0.15, 0.2) is 0 Å². The molecule has 1 fully saturated rings. The van der Waals surface area contributed by atoms with Crippen LogP contribution in [0.15, 0.2) is 78.9 Å². The molecular formula is C25H24FN3O3. The Balaban J connectivity index is 1.25. The molecule has 0 aromatic heterocycles. The zero-order valence-corrected chi connectivity index (χ0v) is 17.5. The van der Waals surface area contributed by atoms with Crippen molar-refractivity contribution in [3.05, 3.63) is 90.2 Å². The molecule has 3 aromatic rings. The highest BCUT2D eigenvalue weighted by atomic mass is 19.1. The van der Waals surface area contributed by atoms with Crippen molar-refractivity contribution in [3.63, 3.8) is 0 Å². The number of ether oxygens (including phenoxy) is 1. The Morgan fingerprint density at radius 3 is 2.09 bits per heavy atom. The van der Waals surface area contributed by atoms with E-state index in [1.807, 2.05) is 35.2 Å². The smallest absolute Gasteiger partial charge is 0.253 e. The lowest BCUT2D eigenvalue weighted by molar-refractivity contribution is -0.117. The van der Waals surface area contributed by atoms with Gasteiger partial charge in [0.2, 0.25) is 5.91 Å². The summed E-state index contributed by atoms with van der Waals surface area (Å²) in [6.07, 6.45) is 0. The normalized spacial score (nSPS) is 14.1. The molecule has 0 radical (unpaired) electrons. The molecule has 1 aliphatic rings. The molecule has 1 N–H and O–H groups in total. The molecule has 0 atom stereocenters. The van der Waals surface area contributed by atoms with Crippen LogP contribution in [0.25, 0.3) is 0 Å². The second kappa shape index (κ2) is 10.1. The Morgan fingerprint density at radius 1 is 0.812 bits per heavy atom. The molecule has 0 unspecified atom stereocenters. The van der Waals surface area contributed by atoms with Gasteiger partial charge < -0.3 is 15.0 Å². The molecule has 0 bridgehead atoms. The lowest BCUT2D eigenvalue weighted by atomic mass is 10.1. The minimum atomic E-state index is -0.345. The number of carbonyl (C=O) groups excluding carboxylic acids is 2. The predicted octanol–water partition coefficient (Wildman–Crippen LogP) is 4.01. The van der Waals surface area contributed by atoms with Gasteiger partial charge in [-0.3, -0.25) is 14.5 Å². The van der Waals surface area contributed by atoms with Crippen molar-refractivity contribution in [2.24, 2.45) is 0 Å². The summed E-state index contributed by atoms with van der Waals surface area (Å²) in [6.45, 7) is 2.54. The minimum Gasteiger partial charge on any atom is -0.457 e. The van der Waals surface area contributed by atoms with E-state index in [0.29, 0.717) is 43.2 Å². The highest BCUT2D eigenvalue weighted by Gasteiger charge is 2.23. The molecule has 32 heavy (non-hydrogen) atoms. The van der Waals surface area contributed by atoms with Gasteiger partial charge in [-0.05, 0) is 60.7 Å². The summed E-state index contributed by atoms with van der Waals surface area (Å²) in [5.74, 6) is 0.870.